The molecular weight excluding hydrogens is 218 g/mol. The molecule has 0 aliphatic carbocycles. The molecule has 16 heavy (non-hydrogen) atoms. The van der Waals surface area contributed by atoms with Crippen molar-refractivity contribution >= 4 is 17.4 Å². The smallest absolute Gasteiger partial charge is 0.0464 e. The molecule has 1 aromatic rings. The van der Waals surface area contributed by atoms with Gasteiger partial charge in [-0.25, -0.2) is 0 Å². The molecule has 0 aromatic heterocycles. The third kappa shape index (κ3) is 5.42. The number of aliphatic hydroxyl groups is 1. The Hall–Kier alpha value is -0.670. The summed E-state index contributed by atoms with van der Waals surface area (Å²) in [4.78, 5) is 0. The fraction of sp³-hybridized carbons (Fsp3) is 0.538. The second-order valence-electron chi connectivity index (χ2n) is 4.21. The predicted molar refractivity (Wildman–Crippen MR) is 72.8 cm³/mol. The molecule has 2 nitrogen and oxygen atoms in total. The maximum atomic E-state index is 8.87. The predicted octanol–water partition coefficient (Wildman–Crippen LogP) is 2.56. The van der Waals surface area contributed by atoms with Crippen molar-refractivity contribution in [2.24, 2.45) is 5.92 Å². The van der Waals surface area contributed by atoms with Crippen LogP contribution in [0.3, 0.4) is 0 Å². The Morgan fingerprint density at radius 1 is 1.31 bits per heavy atom. The van der Waals surface area contributed by atoms with Gasteiger partial charge in [0, 0.05) is 12.3 Å². The lowest BCUT2D eigenvalue weighted by Gasteiger charge is -2.07. The number of aliphatic hydroxyl groups excluding tert-OH is 1. The van der Waals surface area contributed by atoms with E-state index in [0.717, 1.165) is 23.6 Å². The van der Waals surface area contributed by atoms with Gasteiger partial charge in [-0.05, 0) is 48.0 Å². The number of aryl methyl sites for hydroxylation is 1. The standard InChI is InChI=1S/C13H21NOS/c1-11(9-15)10-16-8-2-3-12-4-6-13(14)7-5-12/h4-7,11,15H,2-3,8-10,14H2,1H3. The molecule has 1 unspecified atom stereocenters. The van der Waals surface area contributed by atoms with Crippen LogP contribution in [0.2, 0.25) is 0 Å². The average Bonchev–Trinajstić information content (AvgIpc) is 2.31. The van der Waals surface area contributed by atoms with E-state index in [4.69, 9.17) is 10.8 Å². The Bertz CT molecular complexity index is 286. The van der Waals surface area contributed by atoms with Crippen LogP contribution >= 0.6 is 11.8 Å². The van der Waals surface area contributed by atoms with Crippen LogP contribution in [0.25, 0.3) is 0 Å². The van der Waals surface area contributed by atoms with Crippen molar-refractivity contribution in [3.8, 4) is 0 Å². The number of anilines is 1. The molecule has 1 aromatic carbocycles. The number of hydrogen-bond donors (Lipinski definition) is 2. The highest BCUT2D eigenvalue weighted by atomic mass is 32.2. The van der Waals surface area contributed by atoms with Gasteiger partial charge in [-0.1, -0.05) is 19.1 Å². The molecule has 0 bridgehead atoms. The quantitative estimate of drug-likeness (QED) is 0.568. The molecule has 0 aliphatic heterocycles. The van der Waals surface area contributed by atoms with Gasteiger partial charge in [0.15, 0.2) is 0 Å². The van der Waals surface area contributed by atoms with Crippen molar-refractivity contribution in [1.82, 2.24) is 0 Å². The van der Waals surface area contributed by atoms with Crippen LogP contribution in [-0.2, 0) is 6.42 Å². The number of hydrogen-bond acceptors (Lipinski definition) is 3. The van der Waals surface area contributed by atoms with Crippen molar-refractivity contribution in [1.29, 1.82) is 0 Å². The van der Waals surface area contributed by atoms with Crippen molar-refractivity contribution < 1.29 is 5.11 Å². The first kappa shape index (κ1) is 13.4. The number of rotatable bonds is 7. The van der Waals surface area contributed by atoms with Gasteiger partial charge in [0.2, 0.25) is 0 Å². The Kier molecular flexibility index (Phi) is 6.34. The van der Waals surface area contributed by atoms with Crippen molar-refractivity contribution in [2.45, 2.75) is 19.8 Å². The van der Waals surface area contributed by atoms with Crippen LogP contribution in [0, 0.1) is 5.92 Å². The maximum absolute atomic E-state index is 8.87. The lowest BCUT2D eigenvalue weighted by atomic mass is 10.1. The van der Waals surface area contributed by atoms with E-state index in [2.05, 4.69) is 19.1 Å². The van der Waals surface area contributed by atoms with Crippen molar-refractivity contribution in [2.75, 3.05) is 23.8 Å². The van der Waals surface area contributed by atoms with Gasteiger partial charge in [-0.2, -0.15) is 11.8 Å². The zero-order valence-corrected chi connectivity index (χ0v) is 10.7. The molecule has 0 aliphatic rings. The summed E-state index contributed by atoms with van der Waals surface area (Å²) in [7, 11) is 0. The van der Waals surface area contributed by atoms with Gasteiger partial charge in [-0.3, -0.25) is 0 Å². The SMILES string of the molecule is CC(CO)CSCCCc1ccc(N)cc1. The van der Waals surface area contributed by atoms with Gasteiger partial charge in [0.25, 0.3) is 0 Å². The second kappa shape index (κ2) is 7.58. The fourth-order valence-corrected chi connectivity index (χ4v) is 2.42. The molecule has 0 radical (unpaired) electrons. The average molecular weight is 239 g/mol. The molecule has 0 amide bonds. The zero-order chi connectivity index (χ0) is 11.8. The number of nitrogen functional groups attached to an aromatic ring is 1. The summed E-state index contributed by atoms with van der Waals surface area (Å²) < 4.78 is 0. The lowest BCUT2D eigenvalue weighted by Crippen LogP contribution is -2.04. The van der Waals surface area contributed by atoms with Gasteiger partial charge in [0.1, 0.15) is 0 Å². The first-order chi connectivity index (χ1) is 7.72. The van der Waals surface area contributed by atoms with E-state index in [1.807, 2.05) is 23.9 Å². The first-order valence-corrected chi connectivity index (χ1v) is 6.91. The summed E-state index contributed by atoms with van der Waals surface area (Å²) in [5, 5.41) is 8.87. The number of nitrogens with two attached hydrogens (primary N) is 1. The first-order valence-electron chi connectivity index (χ1n) is 5.75. The molecule has 0 saturated heterocycles. The minimum absolute atomic E-state index is 0.297. The molecule has 1 atom stereocenters. The molecule has 0 spiro atoms. The van der Waals surface area contributed by atoms with Crippen LogP contribution in [0.1, 0.15) is 18.9 Å². The van der Waals surface area contributed by atoms with E-state index in [0.29, 0.717) is 12.5 Å². The van der Waals surface area contributed by atoms with Crippen molar-refractivity contribution in [3.05, 3.63) is 29.8 Å². The van der Waals surface area contributed by atoms with E-state index in [9.17, 15) is 0 Å². The van der Waals surface area contributed by atoms with Crippen LogP contribution in [-0.4, -0.2) is 23.2 Å². The summed E-state index contributed by atoms with van der Waals surface area (Å²) in [5.41, 5.74) is 7.80. The van der Waals surface area contributed by atoms with E-state index in [1.54, 1.807) is 0 Å². The number of benzene rings is 1. The third-order valence-corrected chi connectivity index (χ3v) is 3.83. The maximum Gasteiger partial charge on any atom is 0.0464 e. The minimum Gasteiger partial charge on any atom is -0.399 e. The van der Waals surface area contributed by atoms with Gasteiger partial charge in [0.05, 0.1) is 0 Å². The molecule has 90 valence electrons. The van der Waals surface area contributed by atoms with Gasteiger partial charge in [-0.15, -0.1) is 0 Å². The number of thioether (sulfide) groups is 1. The summed E-state index contributed by atoms with van der Waals surface area (Å²) in [6.07, 6.45) is 2.30. The van der Waals surface area contributed by atoms with Crippen LogP contribution < -0.4 is 5.73 Å². The monoisotopic (exact) mass is 239 g/mol. The summed E-state index contributed by atoms with van der Waals surface area (Å²) in [5.74, 6) is 2.63. The topological polar surface area (TPSA) is 46.2 Å². The molecule has 0 saturated carbocycles. The second-order valence-corrected chi connectivity index (χ2v) is 5.36. The van der Waals surface area contributed by atoms with Gasteiger partial charge >= 0.3 is 0 Å². The summed E-state index contributed by atoms with van der Waals surface area (Å²) in [6, 6.07) is 8.10. The highest BCUT2D eigenvalue weighted by molar-refractivity contribution is 7.99. The van der Waals surface area contributed by atoms with Gasteiger partial charge < -0.3 is 10.8 Å². The third-order valence-electron chi connectivity index (χ3n) is 2.45. The normalized spacial score (nSPS) is 12.6. The van der Waals surface area contributed by atoms with E-state index in [-0.39, 0.29) is 0 Å². The zero-order valence-electron chi connectivity index (χ0n) is 9.86. The lowest BCUT2D eigenvalue weighted by molar-refractivity contribution is 0.250. The van der Waals surface area contributed by atoms with Crippen LogP contribution in [0.15, 0.2) is 24.3 Å². The Morgan fingerprint density at radius 2 is 2.00 bits per heavy atom. The van der Waals surface area contributed by atoms with E-state index < -0.39 is 0 Å². The fourth-order valence-electron chi connectivity index (χ4n) is 1.40. The molecule has 1 rings (SSSR count). The van der Waals surface area contributed by atoms with Crippen molar-refractivity contribution in [3.63, 3.8) is 0 Å². The highest BCUT2D eigenvalue weighted by Crippen LogP contribution is 2.12. The summed E-state index contributed by atoms with van der Waals surface area (Å²) >= 11 is 1.92. The van der Waals surface area contributed by atoms with Crippen LogP contribution in [0.5, 0.6) is 0 Å². The minimum atomic E-state index is 0.297. The molecule has 0 fully saturated rings. The Morgan fingerprint density at radius 3 is 2.62 bits per heavy atom. The molecule has 3 N–H and O–H groups in total. The largest absolute Gasteiger partial charge is 0.399 e. The highest BCUT2D eigenvalue weighted by Gasteiger charge is 1.99. The molecule has 3 heteroatoms. The molecular formula is C13H21NOS. The molecule has 0 heterocycles. The Balaban J connectivity index is 2.09. The van der Waals surface area contributed by atoms with Crippen LogP contribution in [0.4, 0.5) is 5.69 Å². The Labute approximate surface area is 102 Å². The van der Waals surface area contributed by atoms with E-state index in [1.165, 1.54) is 12.0 Å². The summed E-state index contributed by atoms with van der Waals surface area (Å²) in [6.45, 7) is 2.37. The van der Waals surface area contributed by atoms with E-state index >= 15 is 0 Å².